The zero-order valence-electron chi connectivity index (χ0n) is 10.8. The van der Waals surface area contributed by atoms with Crippen LogP contribution in [0.2, 0.25) is 0 Å². The van der Waals surface area contributed by atoms with Gasteiger partial charge in [0.1, 0.15) is 5.75 Å². The number of carbonyl (C=O) groups is 2. The predicted molar refractivity (Wildman–Crippen MR) is 78.9 cm³/mol. The lowest BCUT2D eigenvalue weighted by Crippen LogP contribution is -2.37. The Bertz CT molecular complexity index is 433. The summed E-state index contributed by atoms with van der Waals surface area (Å²) in [7, 11) is 1.32. The fraction of sp³-hybridized carbons (Fsp3) is 0.385. The molecule has 1 atom stereocenters. The van der Waals surface area contributed by atoms with Crippen LogP contribution in [0, 0.1) is 3.57 Å². The van der Waals surface area contributed by atoms with Gasteiger partial charge in [-0.25, -0.2) is 0 Å². The lowest BCUT2D eigenvalue weighted by molar-refractivity contribution is -0.141. The zero-order valence-corrected chi connectivity index (χ0v) is 13.0. The highest BCUT2D eigenvalue weighted by Crippen LogP contribution is 2.13. The maximum Gasteiger partial charge on any atom is 0.307 e. The molecule has 0 aromatic heterocycles. The van der Waals surface area contributed by atoms with Crippen LogP contribution in [0.15, 0.2) is 24.3 Å². The van der Waals surface area contributed by atoms with Gasteiger partial charge in [-0.3, -0.25) is 9.59 Å². The summed E-state index contributed by atoms with van der Waals surface area (Å²) in [6, 6.07) is 7.11. The quantitative estimate of drug-likeness (QED) is 0.606. The summed E-state index contributed by atoms with van der Waals surface area (Å²) in [6.45, 7) is 1.66. The molecular formula is C13H16INO4. The summed E-state index contributed by atoms with van der Waals surface area (Å²) in [5.74, 6) is 0.0116. The standard InChI is InChI=1S/C13H16INO4/c1-9(7-13(17)18-2)15-12(16)8-19-11-5-3-10(14)4-6-11/h3-6,9H,7-8H2,1-2H3,(H,15,16). The van der Waals surface area contributed by atoms with Gasteiger partial charge in [0.25, 0.3) is 5.91 Å². The van der Waals surface area contributed by atoms with E-state index in [4.69, 9.17) is 4.74 Å². The Kier molecular flexibility index (Phi) is 6.61. The van der Waals surface area contributed by atoms with Crippen LogP contribution in [0.3, 0.4) is 0 Å². The van der Waals surface area contributed by atoms with E-state index < -0.39 is 0 Å². The van der Waals surface area contributed by atoms with E-state index in [2.05, 4.69) is 32.6 Å². The monoisotopic (exact) mass is 377 g/mol. The highest BCUT2D eigenvalue weighted by Gasteiger charge is 2.12. The number of hydrogen-bond acceptors (Lipinski definition) is 4. The van der Waals surface area contributed by atoms with Crippen LogP contribution in [-0.4, -0.2) is 31.6 Å². The van der Waals surface area contributed by atoms with Gasteiger partial charge in [-0.15, -0.1) is 0 Å². The minimum atomic E-state index is -0.355. The van der Waals surface area contributed by atoms with Crippen LogP contribution in [0.4, 0.5) is 0 Å². The topological polar surface area (TPSA) is 64.6 Å². The van der Waals surface area contributed by atoms with Gasteiger partial charge in [0.15, 0.2) is 6.61 Å². The molecule has 0 aliphatic heterocycles. The molecule has 5 nitrogen and oxygen atoms in total. The van der Waals surface area contributed by atoms with E-state index in [-0.39, 0.29) is 30.9 Å². The second-order valence-electron chi connectivity index (χ2n) is 3.99. The van der Waals surface area contributed by atoms with E-state index in [9.17, 15) is 9.59 Å². The van der Waals surface area contributed by atoms with Crippen LogP contribution < -0.4 is 10.1 Å². The van der Waals surface area contributed by atoms with Gasteiger partial charge in [-0.2, -0.15) is 0 Å². The Hall–Kier alpha value is -1.31. The molecule has 0 bridgehead atoms. The van der Waals surface area contributed by atoms with Crippen LogP contribution in [0.1, 0.15) is 13.3 Å². The highest BCUT2D eigenvalue weighted by molar-refractivity contribution is 14.1. The van der Waals surface area contributed by atoms with Gasteiger partial charge in [0.2, 0.25) is 0 Å². The van der Waals surface area contributed by atoms with Crippen LogP contribution in [-0.2, 0) is 14.3 Å². The molecule has 19 heavy (non-hydrogen) atoms. The molecule has 0 radical (unpaired) electrons. The van der Waals surface area contributed by atoms with Crippen LogP contribution in [0.5, 0.6) is 5.75 Å². The maximum absolute atomic E-state index is 11.6. The second kappa shape index (κ2) is 7.98. The first-order valence-electron chi connectivity index (χ1n) is 5.76. The second-order valence-corrected chi connectivity index (χ2v) is 5.24. The highest BCUT2D eigenvalue weighted by atomic mass is 127. The summed E-state index contributed by atoms with van der Waals surface area (Å²) in [6.07, 6.45) is 0.145. The van der Waals surface area contributed by atoms with Gasteiger partial charge < -0.3 is 14.8 Å². The fourth-order valence-electron chi connectivity index (χ4n) is 1.38. The molecule has 1 N–H and O–H groups in total. The predicted octanol–water partition coefficient (Wildman–Crippen LogP) is 1.74. The molecule has 1 unspecified atom stereocenters. The molecule has 1 aromatic carbocycles. The summed E-state index contributed by atoms with van der Waals surface area (Å²) < 4.78 is 10.9. The number of halogens is 1. The Morgan fingerprint density at radius 1 is 1.32 bits per heavy atom. The minimum Gasteiger partial charge on any atom is -0.484 e. The van der Waals surface area contributed by atoms with Crippen molar-refractivity contribution in [3.05, 3.63) is 27.8 Å². The van der Waals surface area contributed by atoms with E-state index >= 15 is 0 Å². The fourth-order valence-corrected chi connectivity index (χ4v) is 1.74. The van der Waals surface area contributed by atoms with Crippen molar-refractivity contribution in [2.24, 2.45) is 0 Å². The van der Waals surface area contributed by atoms with Crippen LogP contribution in [0.25, 0.3) is 0 Å². The van der Waals surface area contributed by atoms with Gasteiger partial charge in [-0.1, -0.05) is 0 Å². The molecular weight excluding hydrogens is 361 g/mol. The molecule has 0 aliphatic rings. The number of ether oxygens (including phenoxy) is 2. The first-order valence-corrected chi connectivity index (χ1v) is 6.83. The lowest BCUT2D eigenvalue weighted by atomic mass is 10.2. The molecule has 0 spiro atoms. The number of carbonyl (C=O) groups excluding carboxylic acids is 2. The number of esters is 1. The first-order chi connectivity index (χ1) is 9.01. The molecule has 1 rings (SSSR count). The molecule has 0 saturated heterocycles. The average molecular weight is 377 g/mol. The minimum absolute atomic E-state index is 0.0773. The Balaban J connectivity index is 2.31. The Labute approximate surface area is 125 Å². The number of amides is 1. The number of nitrogens with one attached hydrogen (secondary N) is 1. The third-order valence-electron chi connectivity index (χ3n) is 2.29. The molecule has 0 saturated carbocycles. The molecule has 1 aromatic rings. The molecule has 0 aliphatic carbocycles. The summed E-state index contributed by atoms with van der Waals surface area (Å²) in [5.41, 5.74) is 0. The molecule has 0 fully saturated rings. The number of hydrogen-bond donors (Lipinski definition) is 1. The van der Waals surface area contributed by atoms with Crippen molar-refractivity contribution in [3.8, 4) is 5.75 Å². The van der Waals surface area contributed by atoms with Crippen molar-refractivity contribution in [1.82, 2.24) is 5.32 Å². The normalized spacial score (nSPS) is 11.5. The summed E-state index contributed by atoms with van der Waals surface area (Å²) >= 11 is 2.19. The number of benzene rings is 1. The smallest absolute Gasteiger partial charge is 0.307 e. The van der Waals surface area contributed by atoms with E-state index in [1.54, 1.807) is 19.1 Å². The lowest BCUT2D eigenvalue weighted by Gasteiger charge is -2.13. The molecule has 1 amide bonds. The molecule has 104 valence electrons. The van der Waals surface area contributed by atoms with Crippen molar-refractivity contribution in [2.45, 2.75) is 19.4 Å². The first kappa shape index (κ1) is 15.7. The van der Waals surface area contributed by atoms with Gasteiger partial charge >= 0.3 is 5.97 Å². The van der Waals surface area contributed by atoms with Crippen molar-refractivity contribution in [2.75, 3.05) is 13.7 Å². The van der Waals surface area contributed by atoms with E-state index in [1.165, 1.54) is 7.11 Å². The van der Waals surface area contributed by atoms with Gasteiger partial charge in [0, 0.05) is 9.61 Å². The van der Waals surface area contributed by atoms with E-state index in [0.29, 0.717) is 5.75 Å². The number of rotatable bonds is 6. The third-order valence-corrected chi connectivity index (χ3v) is 3.01. The van der Waals surface area contributed by atoms with Crippen molar-refractivity contribution >= 4 is 34.5 Å². The Morgan fingerprint density at radius 3 is 2.53 bits per heavy atom. The van der Waals surface area contributed by atoms with Crippen LogP contribution >= 0.6 is 22.6 Å². The average Bonchev–Trinajstić information content (AvgIpc) is 2.37. The molecule has 0 heterocycles. The van der Waals surface area contributed by atoms with E-state index in [0.717, 1.165) is 3.57 Å². The zero-order chi connectivity index (χ0) is 14.3. The Morgan fingerprint density at radius 2 is 1.95 bits per heavy atom. The molecule has 6 heteroatoms. The SMILES string of the molecule is COC(=O)CC(C)NC(=O)COc1ccc(I)cc1. The van der Waals surface area contributed by atoms with Crippen molar-refractivity contribution < 1.29 is 19.1 Å². The van der Waals surface area contributed by atoms with E-state index in [1.807, 2.05) is 12.1 Å². The van der Waals surface area contributed by atoms with Gasteiger partial charge in [0.05, 0.1) is 13.5 Å². The summed E-state index contributed by atoms with van der Waals surface area (Å²) in [5, 5.41) is 2.66. The summed E-state index contributed by atoms with van der Waals surface area (Å²) in [4.78, 5) is 22.6. The van der Waals surface area contributed by atoms with Crippen molar-refractivity contribution in [1.29, 1.82) is 0 Å². The number of methoxy groups -OCH3 is 1. The maximum atomic E-state index is 11.6. The van der Waals surface area contributed by atoms with Crippen molar-refractivity contribution in [3.63, 3.8) is 0 Å². The van der Waals surface area contributed by atoms with Gasteiger partial charge in [-0.05, 0) is 53.8 Å². The largest absolute Gasteiger partial charge is 0.484 e. The third kappa shape index (κ3) is 6.42.